The lowest BCUT2D eigenvalue weighted by molar-refractivity contribution is -0.144. The molecule has 0 aromatic heterocycles. The quantitative estimate of drug-likeness (QED) is 0.265. The van der Waals surface area contributed by atoms with E-state index in [1.165, 1.54) is 6.92 Å². The summed E-state index contributed by atoms with van der Waals surface area (Å²) in [7, 11) is 1.77. The summed E-state index contributed by atoms with van der Waals surface area (Å²) < 4.78 is 0. The van der Waals surface area contributed by atoms with E-state index in [2.05, 4.69) is 16.0 Å². The Morgan fingerprint density at radius 2 is 1.71 bits per heavy atom. The van der Waals surface area contributed by atoms with Crippen molar-refractivity contribution < 1.29 is 34.5 Å². The van der Waals surface area contributed by atoms with Gasteiger partial charge in [0.05, 0.1) is 0 Å². The Balaban J connectivity index is 4.70. The summed E-state index contributed by atoms with van der Waals surface area (Å²) in [6.07, 6.45) is 0.704. The summed E-state index contributed by atoms with van der Waals surface area (Å²) in [6.45, 7) is 2.04. The van der Waals surface area contributed by atoms with Crippen LogP contribution in [-0.2, 0) is 14.4 Å². The monoisotopic (exact) mass is 347 g/mol. The summed E-state index contributed by atoms with van der Waals surface area (Å²) >= 11 is 0. The van der Waals surface area contributed by atoms with Crippen molar-refractivity contribution in [3.8, 4) is 0 Å². The highest BCUT2D eigenvalue weighted by atomic mass is 16.4. The molecule has 0 saturated carbocycles. The average Bonchev–Trinajstić information content (AvgIpc) is 2.47. The van der Waals surface area contributed by atoms with Gasteiger partial charge in [-0.3, -0.25) is 4.79 Å². The minimum absolute atomic E-state index is 0.171. The molecule has 10 heteroatoms. The van der Waals surface area contributed by atoms with E-state index in [-0.39, 0.29) is 12.8 Å². The first-order valence-electron chi connectivity index (χ1n) is 7.53. The number of carboxylic acids is 3. The average molecular weight is 347 g/mol. The molecule has 10 nitrogen and oxygen atoms in total. The summed E-state index contributed by atoms with van der Waals surface area (Å²) in [5.41, 5.74) is -1.55. The Morgan fingerprint density at radius 3 is 2.17 bits per heavy atom. The van der Waals surface area contributed by atoms with Gasteiger partial charge in [0.2, 0.25) is 0 Å². The number of aliphatic carboxylic acids is 3. The predicted octanol–water partition coefficient (Wildman–Crippen LogP) is -0.163. The molecular weight excluding hydrogens is 322 g/mol. The third-order valence-electron chi connectivity index (χ3n) is 3.47. The van der Waals surface area contributed by atoms with Crippen molar-refractivity contribution in [2.75, 3.05) is 13.6 Å². The number of nitrogens with one attached hydrogen (secondary N) is 3. The highest BCUT2D eigenvalue weighted by Crippen LogP contribution is 2.14. The number of amides is 2. The fraction of sp³-hybridized carbons (Fsp3) is 0.714. The van der Waals surface area contributed by atoms with Gasteiger partial charge in [-0.05, 0) is 46.2 Å². The molecule has 0 aliphatic heterocycles. The Morgan fingerprint density at radius 1 is 1.08 bits per heavy atom. The summed E-state index contributed by atoms with van der Waals surface area (Å²) in [6, 6.07) is -2.38. The van der Waals surface area contributed by atoms with Gasteiger partial charge in [0.25, 0.3) is 0 Å². The Hall–Kier alpha value is -2.36. The van der Waals surface area contributed by atoms with Crippen LogP contribution in [0.5, 0.6) is 0 Å². The second-order valence-corrected chi connectivity index (χ2v) is 5.62. The fourth-order valence-electron chi connectivity index (χ4n) is 1.97. The number of hydrogen-bond donors (Lipinski definition) is 6. The molecule has 2 atom stereocenters. The highest BCUT2D eigenvalue weighted by Gasteiger charge is 2.35. The molecule has 0 aromatic rings. The van der Waals surface area contributed by atoms with Gasteiger partial charge >= 0.3 is 23.9 Å². The molecule has 6 N–H and O–H groups in total. The van der Waals surface area contributed by atoms with Crippen molar-refractivity contribution in [2.45, 2.75) is 50.6 Å². The molecular formula is C14H25N3O7. The number of carbonyl (C=O) groups is 4. The van der Waals surface area contributed by atoms with E-state index in [4.69, 9.17) is 10.2 Å². The van der Waals surface area contributed by atoms with E-state index >= 15 is 0 Å². The Kier molecular flexibility index (Phi) is 9.40. The van der Waals surface area contributed by atoms with Gasteiger partial charge in [0.15, 0.2) is 0 Å². The van der Waals surface area contributed by atoms with Crippen molar-refractivity contribution in [2.24, 2.45) is 0 Å². The first-order valence-corrected chi connectivity index (χ1v) is 7.53. The lowest BCUT2D eigenvalue weighted by Crippen LogP contribution is -2.57. The minimum Gasteiger partial charge on any atom is -0.481 e. The molecule has 1 unspecified atom stereocenters. The molecule has 0 heterocycles. The van der Waals surface area contributed by atoms with Crippen LogP contribution < -0.4 is 16.0 Å². The summed E-state index contributed by atoms with van der Waals surface area (Å²) in [4.78, 5) is 44.8. The fourth-order valence-corrected chi connectivity index (χ4v) is 1.97. The minimum atomic E-state index is -1.55. The Bertz CT molecular complexity index is 469. The van der Waals surface area contributed by atoms with Crippen molar-refractivity contribution in [1.29, 1.82) is 0 Å². The van der Waals surface area contributed by atoms with Gasteiger partial charge in [0, 0.05) is 6.42 Å². The number of carbonyl (C=O) groups excluding carboxylic acids is 1. The van der Waals surface area contributed by atoms with E-state index < -0.39 is 41.9 Å². The normalized spacial score (nSPS) is 14.2. The van der Waals surface area contributed by atoms with Crippen molar-refractivity contribution in [1.82, 2.24) is 16.0 Å². The second-order valence-electron chi connectivity index (χ2n) is 5.62. The standard InChI is InChI=1S/C14H25N3O7/c1-14(12(22)23,7-3-4-8-15-2)17-13(24)16-9(11(20)21)5-6-10(18)19/h9,15H,3-8H2,1-2H3,(H,18,19)(H,20,21)(H,22,23)(H2,16,17,24)/t9?,14-/m0/s1. The van der Waals surface area contributed by atoms with Gasteiger partial charge in [-0.25, -0.2) is 14.4 Å². The maximum absolute atomic E-state index is 11.9. The molecule has 0 radical (unpaired) electrons. The second kappa shape index (κ2) is 10.4. The number of hydrogen-bond acceptors (Lipinski definition) is 5. The van der Waals surface area contributed by atoms with E-state index in [1.807, 2.05) is 0 Å². The zero-order valence-corrected chi connectivity index (χ0v) is 13.8. The van der Waals surface area contributed by atoms with Crippen LogP contribution in [0.3, 0.4) is 0 Å². The van der Waals surface area contributed by atoms with Gasteiger partial charge in [-0.15, -0.1) is 0 Å². The predicted molar refractivity (Wildman–Crippen MR) is 83.8 cm³/mol. The van der Waals surface area contributed by atoms with E-state index in [0.717, 1.165) is 6.42 Å². The summed E-state index contributed by atoms with van der Waals surface area (Å²) in [5, 5.41) is 34.1. The lowest BCUT2D eigenvalue weighted by atomic mass is 9.95. The van der Waals surface area contributed by atoms with Gasteiger partial charge in [-0.1, -0.05) is 0 Å². The molecule has 0 aliphatic rings. The topological polar surface area (TPSA) is 165 Å². The third kappa shape index (κ3) is 8.32. The number of unbranched alkanes of at least 4 members (excludes halogenated alkanes) is 1. The molecule has 2 amide bonds. The van der Waals surface area contributed by atoms with E-state index in [1.54, 1.807) is 7.05 Å². The third-order valence-corrected chi connectivity index (χ3v) is 3.47. The van der Waals surface area contributed by atoms with Crippen molar-refractivity contribution in [3.63, 3.8) is 0 Å². The maximum atomic E-state index is 11.9. The van der Waals surface area contributed by atoms with E-state index in [9.17, 15) is 24.3 Å². The van der Waals surface area contributed by atoms with Gasteiger partial charge in [0.1, 0.15) is 11.6 Å². The van der Waals surface area contributed by atoms with Crippen LogP contribution in [0.25, 0.3) is 0 Å². The Labute approximate surface area is 139 Å². The molecule has 0 rings (SSSR count). The first kappa shape index (κ1) is 21.6. The van der Waals surface area contributed by atoms with Crippen LogP contribution in [-0.4, -0.2) is 64.4 Å². The number of rotatable bonds is 12. The first-order chi connectivity index (χ1) is 11.1. The van der Waals surface area contributed by atoms with E-state index in [0.29, 0.717) is 13.0 Å². The molecule has 0 aliphatic carbocycles. The molecule has 0 aromatic carbocycles. The molecule has 138 valence electrons. The van der Waals surface area contributed by atoms with Crippen molar-refractivity contribution in [3.05, 3.63) is 0 Å². The smallest absolute Gasteiger partial charge is 0.329 e. The largest absolute Gasteiger partial charge is 0.481 e. The SMILES string of the molecule is CNCCCC[C@](C)(NC(=O)NC(CCC(=O)O)C(=O)O)C(=O)O. The van der Waals surface area contributed by atoms with Crippen LogP contribution in [0.2, 0.25) is 0 Å². The highest BCUT2D eigenvalue weighted by molar-refractivity contribution is 5.88. The van der Waals surface area contributed by atoms with Crippen LogP contribution >= 0.6 is 0 Å². The molecule has 24 heavy (non-hydrogen) atoms. The molecule has 0 saturated heterocycles. The zero-order valence-electron chi connectivity index (χ0n) is 13.8. The van der Waals surface area contributed by atoms with Crippen LogP contribution in [0.4, 0.5) is 4.79 Å². The molecule has 0 bridgehead atoms. The van der Waals surface area contributed by atoms with Crippen LogP contribution in [0.15, 0.2) is 0 Å². The maximum Gasteiger partial charge on any atom is 0.329 e. The van der Waals surface area contributed by atoms with Crippen LogP contribution in [0, 0.1) is 0 Å². The lowest BCUT2D eigenvalue weighted by Gasteiger charge is -2.27. The van der Waals surface area contributed by atoms with Crippen LogP contribution in [0.1, 0.15) is 39.0 Å². The molecule has 0 spiro atoms. The van der Waals surface area contributed by atoms with Gasteiger partial charge < -0.3 is 31.3 Å². The van der Waals surface area contributed by atoms with Gasteiger partial charge in [-0.2, -0.15) is 0 Å². The number of carboxylic acid groups (broad SMARTS) is 3. The van der Waals surface area contributed by atoms with Crippen molar-refractivity contribution >= 4 is 23.9 Å². The number of urea groups is 1. The zero-order chi connectivity index (χ0) is 18.8. The summed E-state index contributed by atoms with van der Waals surface area (Å²) in [5.74, 6) is -3.82. The molecule has 0 fully saturated rings.